The van der Waals surface area contributed by atoms with Crippen LogP contribution in [-0.2, 0) is 11.2 Å². The molecule has 16 heavy (non-hydrogen) atoms. The number of aliphatic carboxylic acids is 1. The minimum absolute atomic E-state index is 0.829. The lowest BCUT2D eigenvalue weighted by molar-refractivity contribution is -0.131. The van der Waals surface area contributed by atoms with Crippen LogP contribution in [0.5, 0.6) is 5.75 Å². The van der Waals surface area contributed by atoms with Gasteiger partial charge < -0.3 is 9.84 Å². The first kappa shape index (κ1) is 10.7. The normalized spacial score (nSPS) is 16.9. The lowest BCUT2D eigenvalue weighted by Gasteiger charge is -2.19. The summed E-state index contributed by atoms with van der Waals surface area (Å²) in [6, 6.07) is 5.81. The minimum Gasteiger partial charge on any atom is -0.497 e. The first-order valence-corrected chi connectivity index (χ1v) is 5.31. The number of benzene rings is 1. The van der Waals surface area contributed by atoms with Gasteiger partial charge in [0.2, 0.25) is 0 Å². The molecule has 1 N–H and O–H groups in total. The number of ether oxygens (including phenoxy) is 1. The highest BCUT2D eigenvalue weighted by molar-refractivity contribution is 5.91. The maximum Gasteiger partial charge on any atom is 0.328 e. The number of carboxylic acid groups (broad SMARTS) is 1. The Kier molecular flexibility index (Phi) is 2.95. The van der Waals surface area contributed by atoms with E-state index >= 15 is 0 Å². The second-order valence-electron chi connectivity index (χ2n) is 3.88. The van der Waals surface area contributed by atoms with Gasteiger partial charge in [0, 0.05) is 6.08 Å². The number of hydrogen-bond acceptors (Lipinski definition) is 2. The van der Waals surface area contributed by atoms with E-state index in [1.807, 2.05) is 18.2 Å². The van der Waals surface area contributed by atoms with Gasteiger partial charge in [-0.15, -0.1) is 0 Å². The Hall–Kier alpha value is -1.77. The molecule has 0 amide bonds. The first-order chi connectivity index (χ1) is 7.70. The zero-order valence-electron chi connectivity index (χ0n) is 9.19. The Morgan fingerprint density at radius 1 is 1.44 bits per heavy atom. The van der Waals surface area contributed by atoms with Crippen molar-refractivity contribution in [2.45, 2.75) is 19.3 Å². The summed E-state index contributed by atoms with van der Waals surface area (Å²) in [5, 5.41) is 8.79. The van der Waals surface area contributed by atoms with Crippen LogP contribution in [0.3, 0.4) is 0 Å². The van der Waals surface area contributed by atoms with E-state index in [0.29, 0.717) is 0 Å². The van der Waals surface area contributed by atoms with Gasteiger partial charge in [0.25, 0.3) is 0 Å². The molecule has 1 aliphatic rings. The number of carbonyl (C=O) groups is 1. The molecule has 0 heterocycles. The molecule has 0 bridgehead atoms. The van der Waals surface area contributed by atoms with Crippen molar-refractivity contribution in [3.8, 4) is 5.75 Å². The molecule has 1 aromatic carbocycles. The summed E-state index contributed by atoms with van der Waals surface area (Å²) in [5.74, 6) is -0.0472. The highest BCUT2D eigenvalue weighted by atomic mass is 16.5. The second kappa shape index (κ2) is 4.39. The molecular formula is C13H14O3. The van der Waals surface area contributed by atoms with Gasteiger partial charge >= 0.3 is 5.97 Å². The predicted molar refractivity (Wildman–Crippen MR) is 61.5 cm³/mol. The average Bonchev–Trinajstić information content (AvgIpc) is 2.28. The maximum absolute atomic E-state index is 10.7. The molecule has 2 rings (SSSR count). The fourth-order valence-electron chi connectivity index (χ4n) is 2.12. The molecule has 1 aliphatic carbocycles. The molecule has 0 saturated carbocycles. The third-order valence-corrected chi connectivity index (χ3v) is 2.85. The Bertz CT molecular complexity index is 446. The molecule has 3 nitrogen and oxygen atoms in total. The summed E-state index contributed by atoms with van der Waals surface area (Å²) in [6.45, 7) is 0. The minimum atomic E-state index is -0.876. The van der Waals surface area contributed by atoms with Gasteiger partial charge in [0.15, 0.2) is 0 Å². The van der Waals surface area contributed by atoms with Crippen molar-refractivity contribution in [2.75, 3.05) is 7.11 Å². The van der Waals surface area contributed by atoms with E-state index in [0.717, 1.165) is 36.1 Å². The largest absolute Gasteiger partial charge is 0.497 e. The zero-order chi connectivity index (χ0) is 11.5. The Labute approximate surface area is 94.4 Å². The summed E-state index contributed by atoms with van der Waals surface area (Å²) in [6.07, 6.45) is 4.14. The molecule has 0 aromatic heterocycles. The Morgan fingerprint density at radius 2 is 2.25 bits per heavy atom. The zero-order valence-corrected chi connectivity index (χ0v) is 9.19. The quantitative estimate of drug-likeness (QED) is 0.776. The molecule has 0 saturated heterocycles. The van der Waals surface area contributed by atoms with Crippen molar-refractivity contribution in [1.29, 1.82) is 0 Å². The molecular weight excluding hydrogens is 204 g/mol. The summed E-state index contributed by atoms with van der Waals surface area (Å²) < 4.78 is 5.16. The van der Waals surface area contributed by atoms with Crippen molar-refractivity contribution in [1.82, 2.24) is 0 Å². The van der Waals surface area contributed by atoms with Crippen LogP contribution in [0.1, 0.15) is 24.0 Å². The molecule has 0 aliphatic heterocycles. The Balaban J connectivity index is 2.43. The number of carboxylic acids is 1. The number of rotatable bonds is 2. The van der Waals surface area contributed by atoms with Gasteiger partial charge in [0.1, 0.15) is 5.75 Å². The van der Waals surface area contributed by atoms with E-state index in [9.17, 15) is 4.79 Å². The third-order valence-electron chi connectivity index (χ3n) is 2.85. The highest BCUT2D eigenvalue weighted by Gasteiger charge is 2.15. The smallest absolute Gasteiger partial charge is 0.328 e. The van der Waals surface area contributed by atoms with Gasteiger partial charge in [-0.1, -0.05) is 6.07 Å². The van der Waals surface area contributed by atoms with Crippen LogP contribution >= 0.6 is 0 Å². The number of fused-ring (bicyclic) bond motifs is 1. The molecule has 1 aromatic rings. The van der Waals surface area contributed by atoms with Gasteiger partial charge in [-0.3, -0.25) is 0 Å². The first-order valence-electron chi connectivity index (χ1n) is 5.31. The lowest BCUT2D eigenvalue weighted by Crippen LogP contribution is -2.04. The van der Waals surface area contributed by atoms with Crippen molar-refractivity contribution in [3.63, 3.8) is 0 Å². The highest BCUT2D eigenvalue weighted by Crippen LogP contribution is 2.32. The summed E-state index contributed by atoms with van der Waals surface area (Å²) in [5.41, 5.74) is 3.14. The fraction of sp³-hybridized carbons (Fsp3) is 0.308. The predicted octanol–water partition coefficient (Wildman–Crippen LogP) is 2.50. The monoisotopic (exact) mass is 218 g/mol. The second-order valence-corrected chi connectivity index (χ2v) is 3.88. The molecule has 3 heteroatoms. The topological polar surface area (TPSA) is 46.5 Å². The van der Waals surface area contributed by atoms with Crippen LogP contribution in [0.25, 0.3) is 5.57 Å². The van der Waals surface area contributed by atoms with Crippen LogP contribution in [0.2, 0.25) is 0 Å². The van der Waals surface area contributed by atoms with E-state index in [-0.39, 0.29) is 0 Å². The van der Waals surface area contributed by atoms with Gasteiger partial charge in [-0.2, -0.15) is 0 Å². The van der Waals surface area contributed by atoms with E-state index in [1.165, 1.54) is 11.6 Å². The van der Waals surface area contributed by atoms with Crippen molar-refractivity contribution >= 4 is 11.5 Å². The molecule has 0 atom stereocenters. The number of hydrogen-bond donors (Lipinski definition) is 1. The summed E-state index contributed by atoms with van der Waals surface area (Å²) in [4.78, 5) is 10.7. The molecule has 0 fully saturated rings. The summed E-state index contributed by atoms with van der Waals surface area (Å²) in [7, 11) is 1.64. The molecule has 0 spiro atoms. The Morgan fingerprint density at radius 3 is 2.94 bits per heavy atom. The number of allylic oxidation sites excluding steroid dienone is 1. The lowest BCUT2D eigenvalue weighted by atomic mass is 9.87. The van der Waals surface area contributed by atoms with Gasteiger partial charge in [-0.05, 0) is 48.1 Å². The number of methoxy groups -OCH3 is 1. The standard InChI is InChI=1S/C13H14O3/c1-16-11-5-6-12-9(7-11)3-2-4-10(12)8-13(14)15/h5-8H,2-4H2,1H3,(H,14,15)/b10-8-. The molecule has 0 radical (unpaired) electrons. The van der Waals surface area contributed by atoms with Crippen LogP contribution in [0.15, 0.2) is 24.3 Å². The third kappa shape index (κ3) is 2.08. The van der Waals surface area contributed by atoms with E-state index in [1.54, 1.807) is 7.11 Å². The maximum atomic E-state index is 10.7. The average molecular weight is 218 g/mol. The van der Waals surface area contributed by atoms with Gasteiger partial charge in [-0.25, -0.2) is 4.79 Å². The van der Waals surface area contributed by atoms with E-state index in [2.05, 4.69) is 0 Å². The van der Waals surface area contributed by atoms with Crippen LogP contribution in [0.4, 0.5) is 0 Å². The van der Waals surface area contributed by atoms with E-state index < -0.39 is 5.97 Å². The molecule has 0 unspecified atom stereocenters. The van der Waals surface area contributed by atoms with Crippen molar-refractivity contribution < 1.29 is 14.6 Å². The summed E-state index contributed by atoms with van der Waals surface area (Å²) >= 11 is 0. The van der Waals surface area contributed by atoms with Gasteiger partial charge in [0.05, 0.1) is 7.11 Å². The van der Waals surface area contributed by atoms with Crippen LogP contribution < -0.4 is 4.74 Å². The molecule has 84 valence electrons. The van der Waals surface area contributed by atoms with E-state index in [4.69, 9.17) is 9.84 Å². The van der Waals surface area contributed by atoms with Crippen LogP contribution in [0, 0.1) is 0 Å². The SMILES string of the molecule is COc1ccc2c(c1)CCC/C2=C/C(=O)O. The van der Waals surface area contributed by atoms with Crippen molar-refractivity contribution in [3.05, 3.63) is 35.4 Å². The van der Waals surface area contributed by atoms with Crippen molar-refractivity contribution in [2.24, 2.45) is 0 Å². The fourth-order valence-corrected chi connectivity index (χ4v) is 2.12. The van der Waals surface area contributed by atoms with Crippen LogP contribution in [-0.4, -0.2) is 18.2 Å². The number of aryl methyl sites for hydroxylation is 1.